The molecule has 69 valence electrons. The highest BCUT2D eigenvalue weighted by molar-refractivity contribution is 7.80. The monoisotopic (exact) mass is 199 g/mol. The third-order valence-electron chi connectivity index (χ3n) is 2.30. The summed E-state index contributed by atoms with van der Waals surface area (Å²) >= 11 is 5.38. The number of hydrogen-bond acceptors (Lipinski definition) is 0. The van der Waals surface area contributed by atoms with Gasteiger partial charge in [-0.05, 0) is 23.6 Å². The van der Waals surface area contributed by atoms with E-state index in [0.29, 0.717) is 0 Å². The van der Waals surface area contributed by atoms with Crippen molar-refractivity contribution >= 4 is 12.6 Å². The molecule has 14 heavy (non-hydrogen) atoms. The van der Waals surface area contributed by atoms with Gasteiger partial charge in [-0.25, -0.2) is 0 Å². The minimum absolute atomic E-state index is 0.957. The van der Waals surface area contributed by atoms with Gasteiger partial charge in [0.15, 0.2) is 0 Å². The third-order valence-corrected chi connectivity index (χ3v) is 2.84. The average Bonchev–Trinajstić information content (AvgIpc) is 2.23. The maximum atomic E-state index is 5.38. The zero-order valence-corrected chi connectivity index (χ0v) is 8.84. The molecular weight excluding hydrogens is 188 g/mol. The van der Waals surface area contributed by atoms with Gasteiger partial charge in [0.2, 0.25) is 0 Å². The van der Waals surface area contributed by atoms with Crippen LogP contribution in [0, 0.1) is 6.92 Å². The summed E-state index contributed by atoms with van der Waals surface area (Å²) in [6, 6.07) is 16.4. The Morgan fingerprint density at radius 1 is 0.857 bits per heavy atom. The van der Waals surface area contributed by atoms with Gasteiger partial charge in [-0.3, -0.25) is 0 Å². The zero-order chi connectivity index (χ0) is 9.97. The van der Waals surface area contributed by atoms with Gasteiger partial charge in [0.05, 0.1) is 0 Å². The Morgan fingerprint density at radius 3 is 2.29 bits per heavy atom. The van der Waals surface area contributed by atoms with Crippen LogP contribution >= 0.6 is 12.6 Å². The lowest BCUT2D eigenvalue weighted by Gasteiger charge is -2.06. The molecular formula is C13H11S. The van der Waals surface area contributed by atoms with Crippen molar-refractivity contribution in [2.75, 3.05) is 0 Å². The highest BCUT2D eigenvalue weighted by Gasteiger charge is 2.03. The van der Waals surface area contributed by atoms with Crippen LogP contribution in [0.5, 0.6) is 0 Å². The lowest BCUT2D eigenvalue weighted by Crippen LogP contribution is -1.82. The fourth-order valence-corrected chi connectivity index (χ4v) is 1.75. The summed E-state index contributed by atoms with van der Waals surface area (Å²) in [6.45, 7) is 2.05. The largest absolute Gasteiger partial charge is 0.0791 e. The first-order chi connectivity index (χ1) is 6.79. The molecule has 0 atom stereocenters. The normalized spacial score (nSPS) is 10.1. The van der Waals surface area contributed by atoms with Crippen molar-refractivity contribution in [1.29, 1.82) is 0 Å². The van der Waals surface area contributed by atoms with Gasteiger partial charge in [-0.15, -0.1) is 0 Å². The fraction of sp³-hybridized carbons (Fsp3) is 0.0769. The van der Waals surface area contributed by atoms with Crippen LogP contribution in [-0.2, 0) is 0 Å². The number of aryl methyl sites for hydroxylation is 1. The Hall–Kier alpha value is -1.34. The number of hydrogen-bond donors (Lipinski definition) is 0. The van der Waals surface area contributed by atoms with Crippen molar-refractivity contribution in [1.82, 2.24) is 0 Å². The second-order valence-corrected chi connectivity index (χ2v) is 3.73. The highest BCUT2D eigenvalue weighted by atomic mass is 32.1. The van der Waals surface area contributed by atoms with Gasteiger partial charge in [0.25, 0.3) is 0 Å². The summed E-state index contributed by atoms with van der Waals surface area (Å²) in [7, 11) is 0. The lowest BCUT2D eigenvalue weighted by atomic mass is 10.0. The Labute approximate surface area is 90.0 Å². The predicted molar refractivity (Wildman–Crippen MR) is 62.5 cm³/mol. The molecule has 0 spiro atoms. The molecule has 2 rings (SSSR count). The van der Waals surface area contributed by atoms with Gasteiger partial charge in [-0.1, -0.05) is 61.2 Å². The van der Waals surface area contributed by atoms with Gasteiger partial charge < -0.3 is 0 Å². The van der Waals surface area contributed by atoms with Crippen LogP contribution in [0.15, 0.2) is 53.4 Å². The summed E-state index contributed by atoms with van der Waals surface area (Å²) in [5.41, 5.74) is 3.52. The molecule has 0 nitrogen and oxygen atoms in total. The fourth-order valence-electron chi connectivity index (χ4n) is 1.50. The Balaban J connectivity index is 2.58. The molecule has 0 aliphatic heterocycles. The molecule has 0 unspecified atom stereocenters. The number of rotatable bonds is 1. The van der Waals surface area contributed by atoms with E-state index in [1.807, 2.05) is 24.3 Å². The molecule has 0 N–H and O–H groups in total. The molecule has 0 aliphatic rings. The first kappa shape index (κ1) is 9.22. The molecule has 0 fully saturated rings. The van der Waals surface area contributed by atoms with E-state index in [-0.39, 0.29) is 0 Å². The molecule has 0 amide bonds. The van der Waals surface area contributed by atoms with Crippen molar-refractivity contribution in [3.63, 3.8) is 0 Å². The smallest absolute Gasteiger partial charge is 0.0484 e. The van der Waals surface area contributed by atoms with E-state index in [9.17, 15) is 0 Å². The van der Waals surface area contributed by atoms with Crippen molar-refractivity contribution in [3.05, 3.63) is 54.1 Å². The molecule has 0 heterocycles. The van der Waals surface area contributed by atoms with Crippen LogP contribution in [-0.4, -0.2) is 0 Å². The highest BCUT2D eigenvalue weighted by Crippen LogP contribution is 2.28. The molecule has 0 aromatic heterocycles. The Morgan fingerprint density at radius 2 is 1.57 bits per heavy atom. The first-order valence-electron chi connectivity index (χ1n) is 4.61. The second-order valence-electron chi connectivity index (χ2n) is 3.32. The number of benzene rings is 2. The first-order valence-corrected chi connectivity index (χ1v) is 5.02. The van der Waals surface area contributed by atoms with E-state index in [1.54, 1.807) is 0 Å². The van der Waals surface area contributed by atoms with E-state index in [2.05, 4.69) is 31.2 Å². The maximum Gasteiger partial charge on any atom is 0.0484 e. The van der Waals surface area contributed by atoms with Gasteiger partial charge in [0.1, 0.15) is 0 Å². The molecule has 0 aliphatic carbocycles. The van der Waals surface area contributed by atoms with Crippen LogP contribution in [0.25, 0.3) is 11.1 Å². The standard InChI is InChI=1S/C13H11S/c1-10-6-5-9-12(13(10)14)11-7-3-2-4-8-11/h2-9H,1H3. The average molecular weight is 199 g/mol. The Bertz CT molecular complexity index is 432. The van der Waals surface area contributed by atoms with E-state index in [1.165, 1.54) is 11.1 Å². The van der Waals surface area contributed by atoms with Crippen LogP contribution in [0.2, 0.25) is 0 Å². The summed E-state index contributed by atoms with van der Waals surface area (Å²) in [5, 5.41) is 0. The Kier molecular flexibility index (Phi) is 2.51. The SMILES string of the molecule is Cc1cccc(-c2ccccc2)c1[S]. The molecule has 0 bridgehead atoms. The molecule has 0 saturated carbocycles. The predicted octanol–water partition coefficient (Wildman–Crippen LogP) is 4.22. The van der Waals surface area contributed by atoms with Crippen LogP contribution in [0.3, 0.4) is 0 Å². The van der Waals surface area contributed by atoms with Gasteiger partial charge >= 0.3 is 0 Å². The second kappa shape index (κ2) is 3.81. The topological polar surface area (TPSA) is 0 Å². The summed E-state index contributed by atoms with van der Waals surface area (Å²) in [5.74, 6) is 0. The summed E-state index contributed by atoms with van der Waals surface area (Å²) in [4.78, 5) is 0.957. The molecule has 2 aromatic rings. The van der Waals surface area contributed by atoms with Gasteiger partial charge in [-0.2, -0.15) is 0 Å². The molecule has 1 heteroatoms. The molecule has 2 aromatic carbocycles. The quantitative estimate of drug-likeness (QED) is 0.645. The summed E-state index contributed by atoms with van der Waals surface area (Å²) in [6.07, 6.45) is 0. The van der Waals surface area contributed by atoms with Crippen molar-refractivity contribution in [2.24, 2.45) is 0 Å². The minimum Gasteiger partial charge on any atom is -0.0791 e. The minimum atomic E-state index is 0.957. The van der Waals surface area contributed by atoms with Crippen LogP contribution in [0.1, 0.15) is 5.56 Å². The lowest BCUT2D eigenvalue weighted by molar-refractivity contribution is 1.31. The zero-order valence-electron chi connectivity index (χ0n) is 8.03. The van der Waals surface area contributed by atoms with Crippen LogP contribution in [0.4, 0.5) is 0 Å². The van der Waals surface area contributed by atoms with E-state index in [4.69, 9.17) is 12.6 Å². The van der Waals surface area contributed by atoms with Crippen LogP contribution < -0.4 is 0 Å². The maximum absolute atomic E-state index is 5.38. The van der Waals surface area contributed by atoms with E-state index in [0.717, 1.165) is 10.5 Å². The van der Waals surface area contributed by atoms with Crippen molar-refractivity contribution in [2.45, 2.75) is 11.8 Å². The van der Waals surface area contributed by atoms with Crippen molar-refractivity contribution in [3.8, 4) is 11.1 Å². The van der Waals surface area contributed by atoms with Gasteiger partial charge in [0, 0.05) is 4.90 Å². The molecule has 0 saturated heterocycles. The van der Waals surface area contributed by atoms with E-state index >= 15 is 0 Å². The third kappa shape index (κ3) is 1.64. The summed E-state index contributed by atoms with van der Waals surface area (Å²) < 4.78 is 0. The molecule has 1 radical (unpaired) electrons. The van der Waals surface area contributed by atoms with E-state index < -0.39 is 0 Å². The van der Waals surface area contributed by atoms with Crippen molar-refractivity contribution < 1.29 is 0 Å².